The molecule has 3 atom stereocenters. The standard InChI is InChI=1S/C12H24N4O5/c1-7(17)10(12(21)15-6-9(18)19)16-11(20)8(14)4-2-3-5-13/h7-8,10,17H,2-6,13-14H2,1H3,(H,15,21)(H,16,20)(H,18,19)/t7-,8+,10+/m1/s1. The number of aliphatic hydroxyl groups is 1. The van der Waals surface area contributed by atoms with Gasteiger partial charge in [-0.2, -0.15) is 0 Å². The van der Waals surface area contributed by atoms with Crippen LogP contribution < -0.4 is 22.1 Å². The number of rotatable bonds is 10. The fraction of sp³-hybridized carbons (Fsp3) is 0.750. The molecule has 0 aromatic rings. The van der Waals surface area contributed by atoms with E-state index in [-0.39, 0.29) is 0 Å². The number of carboxylic acid groups (broad SMARTS) is 1. The average molecular weight is 304 g/mol. The van der Waals surface area contributed by atoms with Crippen LogP contribution in [0.5, 0.6) is 0 Å². The fourth-order valence-electron chi connectivity index (χ4n) is 1.58. The summed E-state index contributed by atoms with van der Waals surface area (Å²) in [7, 11) is 0. The highest BCUT2D eigenvalue weighted by Crippen LogP contribution is 2.00. The molecule has 0 aromatic carbocycles. The fourth-order valence-corrected chi connectivity index (χ4v) is 1.58. The first-order valence-corrected chi connectivity index (χ1v) is 6.73. The molecule has 0 fully saturated rings. The SMILES string of the molecule is C[C@@H](O)[C@H](NC(=O)[C@@H](N)CCCCN)C(=O)NCC(=O)O. The summed E-state index contributed by atoms with van der Waals surface area (Å²) in [5, 5.41) is 22.4. The van der Waals surface area contributed by atoms with E-state index in [2.05, 4.69) is 10.6 Å². The number of nitrogens with two attached hydrogens (primary N) is 2. The van der Waals surface area contributed by atoms with Gasteiger partial charge in [-0.1, -0.05) is 6.42 Å². The Balaban J connectivity index is 4.44. The highest BCUT2D eigenvalue weighted by molar-refractivity contribution is 5.91. The van der Waals surface area contributed by atoms with Crippen LogP contribution in [-0.2, 0) is 14.4 Å². The Morgan fingerprint density at radius 3 is 2.29 bits per heavy atom. The number of nitrogens with one attached hydrogen (secondary N) is 2. The van der Waals surface area contributed by atoms with E-state index < -0.39 is 42.5 Å². The Morgan fingerprint density at radius 2 is 1.81 bits per heavy atom. The van der Waals surface area contributed by atoms with Gasteiger partial charge in [0.1, 0.15) is 12.6 Å². The van der Waals surface area contributed by atoms with Gasteiger partial charge in [-0.3, -0.25) is 14.4 Å². The molecule has 21 heavy (non-hydrogen) atoms. The second-order valence-corrected chi connectivity index (χ2v) is 4.73. The molecule has 0 aliphatic rings. The van der Waals surface area contributed by atoms with Crippen molar-refractivity contribution >= 4 is 17.8 Å². The van der Waals surface area contributed by atoms with Crippen LogP contribution in [0.4, 0.5) is 0 Å². The third kappa shape index (κ3) is 8.23. The van der Waals surface area contributed by atoms with E-state index >= 15 is 0 Å². The van der Waals surface area contributed by atoms with Crippen LogP contribution in [0.25, 0.3) is 0 Å². The summed E-state index contributed by atoms with van der Waals surface area (Å²) in [6.45, 7) is 1.22. The van der Waals surface area contributed by atoms with Crippen molar-refractivity contribution in [2.45, 2.75) is 44.4 Å². The third-order valence-corrected chi connectivity index (χ3v) is 2.78. The molecule has 0 rings (SSSR count). The van der Waals surface area contributed by atoms with Crippen LogP contribution in [0.1, 0.15) is 26.2 Å². The van der Waals surface area contributed by atoms with E-state index in [0.717, 1.165) is 6.42 Å². The van der Waals surface area contributed by atoms with E-state index in [1.54, 1.807) is 0 Å². The lowest BCUT2D eigenvalue weighted by Gasteiger charge is -2.22. The second-order valence-electron chi connectivity index (χ2n) is 4.73. The monoisotopic (exact) mass is 304 g/mol. The van der Waals surface area contributed by atoms with Crippen LogP contribution in [0, 0.1) is 0 Å². The molecule has 9 nitrogen and oxygen atoms in total. The smallest absolute Gasteiger partial charge is 0.322 e. The van der Waals surface area contributed by atoms with Gasteiger partial charge in [-0.05, 0) is 26.3 Å². The van der Waals surface area contributed by atoms with Gasteiger partial charge < -0.3 is 32.3 Å². The van der Waals surface area contributed by atoms with Gasteiger partial charge in [0.15, 0.2) is 0 Å². The van der Waals surface area contributed by atoms with Crippen LogP contribution in [-0.4, -0.2) is 59.3 Å². The Morgan fingerprint density at radius 1 is 1.19 bits per heavy atom. The largest absolute Gasteiger partial charge is 0.480 e. The van der Waals surface area contributed by atoms with E-state index in [4.69, 9.17) is 16.6 Å². The van der Waals surface area contributed by atoms with Crippen molar-refractivity contribution in [2.24, 2.45) is 11.5 Å². The Hall–Kier alpha value is -1.71. The molecule has 122 valence electrons. The summed E-state index contributed by atoms with van der Waals surface area (Å²) in [5.41, 5.74) is 11.0. The molecule has 0 heterocycles. The summed E-state index contributed by atoms with van der Waals surface area (Å²) in [5.74, 6) is -2.59. The summed E-state index contributed by atoms with van der Waals surface area (Å²) in [6.07, 6.45) is 0.640. The zero-order valence-electron chi connectivity index (χ0n) is 12.0. The number of carboxylic acids is 1. The van der Waals surface area contributed by atoms with Crippen molar-refractivity contribution in [1.82, 2.24) is 10.6 Å². The molecule has 0 aliphatic heterocycles. The number of carbonyl (C=O) groups excluding carboxylic acids is 2. The predicted octanol–water partition coefficient (Wildman–Crippen LogP) is -2.49. The molecule has 2 amide bonds. The molecule has 8 N–H and O–H groups in total. The first-order valence-electron chi connectivity index (χ1n) is 6.73. The number of hydrogen-bond donors (Lipinski definition) is 6. The first-order chi connectivity index (χ1) is 9.79. The zero-order valence-corrected chi connectivity index (χ0v) is 12.0. The Kier molecular flexibility index (Phi) is 9.26. The van der Waals surface area contributed by atoms with Crippen LogP contribution in [0.2, 0.25) is 0 Å². The average Bonchev–Trinajstić information content (AvgIpc) is 2.41. The maximum atomic E-state index is 11.8. The van der Waals surface area contributed by atoms with Crippen molar-refractivity contribution in [3.63, 3.8) is 0 Å². The van der Waals surface area contributed by atoms with Gasteiger partial charge in [0, 0.05) is 0 Å². The van der Waals surface area contributed by atoms with Gasteiger partial charge in [0.05, 0.1) is 12.1 Å². The maximum Gasteiger partial charge on any atom is 0.322 e. The zero-order chi connectivity index (χ0) is 16.4. The minimum Gasteiger partial charge on any atom is -0.480 e. The summed E-state index contributed by atoms with van der Waals surface area (Å²) in [6, 6.07) is -2.07. The molecule has 0 saturated carbocycles. The molecule has 0 unspecified atom stereocenters. The van der Waals surface area contributed by atoms with E-state index in [1.165, 1.54) is 6.92 Å². The maximum absolute atomic E-state index is 11.8. The second kappa shape index (κ2) is 10.1. The molecule has 0 bridgehead atoms. The Labute approximate surface area is 123 Å². The van der Waals surface area contributed by atoms with E-state index in [9.17, 15) is 19.5 Å². The molecule has 0 spiro atoms. The van der Waals surface area contributed by atoms with Gasteiger partial charge in [0.25, 0.3) is 0 Å². The summed E-state index contributed by atoms with van der Waals surface area (Å²) >= 11 is 0. The number of amides is 2. The normalized spacial score (nSPS) is 14.9. The number of hydrogen-bond acceptors (Lipinski definition) is 6. The van der Waals surface area contributed by atoms with Crippen molar-refractivity contribution in [2.75, 3.05) is 13.1 Å². The quantitative estimate of drug-likeness (QED) is 0.243. The van der Waals surface area contributed by atoms with E-state index in [1.807, 2.05) is 0 Å². The molecule has 0 radical (unpaired) electrons. The lowest BCUT2D eigenvalue weighted by Crippen LogP contribution is -2.56. The summed E-state index contributed by atoms with van der Waals surface area (Å²) in [4.78, 5) is 33.9. The lowest BCUT2D eigenvalue weighted by atomic mass is 10.1. The van der Waals surface area contributed by atoms with Crippen LogP contribution in [0.15, 0.2) is 0 Å². The number of aliphatic hydroxyl groups excluding tert-OH is 1. The summed E-state index contributed by atoms with van der Waals surface area (Å²) < 4.78 is 0. The van der Waals surface area contributed by atoms with Crippen molar-refractivity contribution in [1.29, 1.82) is 0 Å². The van der Waals surface area contributed by atoms with Crippen molar-refractivity contribution < 1.29 is 24.6 Å². The minimum atomic E-state index is -1.25. The van der Waals surface area contributed by atoms with Gasteiger partial charge >= 0.3 is 5.97 Å². The minimum absolute atomic E-state index is 0.409. The van der Waals surface area contributed by atoms with Crippen molar-refractivity contribution in [3.05, 3.63) is 0 Å². The molecule has 0 aliphatic carbocycles. The van der Waals surface area contributed by atoms with Gasteiger partial charge in [0.2, 0.25) is 11.8 Å². The van der Waals surface area contributed by atoms with E-state index in [0.29, 0.717) is 19.4 Å². The predicted molar refractivity (Wildman–Crippen MR) is 75.1 cm³/mol. The topological polar surface area (TPSA) is 168 Å². The lowest BCUT2D eigenvalue weighted by molar-refractivity contribution is -0.139. The highest BCUT2D eigenvalue weighted by atomic mass is 16.4. The first kappa shape index (κ1) is 19.3. The molecule has 9 heteroatoms. The van der Waals surface area contributed by atoms with Gasteiger partial charge in [-0.25, -0.2) is 0 Å². The van der Waals surface area contributed by atoms with Crippen LogP contribution >= 0.6 is 0 Å². The molecule has 0 saturated heterocycles. The number of unbranched alkanes of at least 4 members (excludes halogenated alkanes) is 1. The number of carbonyl (C=O) groups is 3. The Bertz CT molecular complexity index is 362. The van der Waals surface area contributed by atoms with Gasteiger partial charge in [-0.15, -0.1) is 0 Å². The number of aliphatic carboxylic acids is 1. The molecule has 0 aromatic heterocycles. The third-order valence-electron chi connectivity index (χ3n) is 2.78. The molecular weight excluding hydrogens is 280 g/mol. The van der Waals surface area contributed by atoms with Crippen molar-refractivity contribution in [3.8, 4) is 0 Å². The highest BCUT2D eigenvalue weighted by Gasteiger charge is 2.27. The van der Waals surface area contributed by atoms with Crippen LogP contribution in [0.3, 0.4) is 0 Å². The molecular formula is C12H24N4O5.